The molecule has 0 saturated carbocycles. The highest BCUT2D eigenvalue weighted by molar-refractivity contribution is 5.88. The number of hydrogen-bond donors (Lipinski definition) is 3. The molecule has 7 heteroatoms. The lowest BCUT2D eigenvalue weighted by Crippen LogP contribution is -2.36. The molecule has 1 aliphatic rings. The number of carbonyl (C=O) groups excluding carboxylic acids is 2. The monoisotopic (exact) mass is 355 g/mol. The van der Waals surface area contributed by atoms with E-state index in [1.54, 1.807) is 4.68 Å². The predicted octanol–water partition coefficient (Wildman–Crippen LogP) is 1.56. The van der Waals surface area contributed by atoms with Crippen LogP contribution in [0.3, 0.4) is 0 Å². The van der Waals surface area contributed by atoms with E-state index < -0.39 is 0 Å². The molecule has 3 rings (SSSR count). The molecule has 2 heterocycles. The molecule has 0 aliphatic carbocycles. The molecule has 138 valence electrons. The van der Waals surface area contributed by atoms with Crippen LogP contribution in [-0.2, 0) is 16.6 Å². The Hall–Kier alpha value is -2.67. The highest BCUT2D eigenvalue weighted by Crippen LogP contribution is 2.28. The molecule has 1 saturated heterocycles. The highest BCUT2D eigenvalue weighted by atomic mass is 16.2. The standard InChI is InChI=1S/C19H25N5O2/c1-12(14-5-4-6-16(7-14)23-13(2)25)22-19(26)18-10-20-9-17(18)15-8-21-24(3)11-15/h4-8,11-12,17-18,20H,9-10H2,1-3H3,(H,22,26)(H,23,25)/t12?,17-,18+/m1/s1. The second-order valence-electron chi connectivity index (χ2n) is 6.86. The van der Waals surface area contributed by atoms with Gasteiger partial charge in [-0.15, -0.1) is 0 Å². The lowest BCUT2D eigenvalue weighted by atomic mass is 9.90. The SMILES string of the molecule is CC(=O)Nc1cccc(C(C)NC(=O)[C@H]2CNC[C@@H]2c2cnn(C)c2)c1. The molecule has 1 fully saturated rings. The van der Waals surface area contributed by atoms with Crippen molar-refractivity contribution in [2.24, 2.45) is 13.0 Å². The Kier molecular flexibility index (Phi) is 5.37. The minimum absolute atomic E-state index is 0.0290. The number of aryl methyl sites for hydroxylation is 1. The van der Waals surface area contributed by atoms with Gasteiger partial charge in [-0.1, -0.05) is 12.1 Å². The molecule has 3 atom stereocenters. The minimum Gasteiger partial charge on any atom is -0.349 e. The highest BCUT2D eigenvalue weighted by Gasteiger charge is 2.35. The number of anilines is 1. The van der Waals surface area contributed by atoms with Gasteiger partial charge in [0.05, 0.1) is 18.2 Å². The first-order valence-electron chi connectivity index (χ1n) is 8.81. The first-order valence-corrected chi connectivity index (χ1v) is 8.81. The summed E-state index contributed by atoms with van der Waals surface area (Å²) in [6.45, 7) is 4.86. The predicted molar refractivity (Wildman–Crippen MR) is 99.6 cm³/mol. The molecule has 1 aromatic carbocycles. The van der Waals surface area contributed by atoms with Gasteiger partial charge in [0.25, 0.3) is 0 Å². The minimum atomic E-state index is -0.147. The van der Waals surface area contributed by atoms with Gasteiger partial charge in [0, 0.05) is 44.9 Å². The van der Waals surface area contributed by atoms with E-state index in [1.807, 2.05) is 50.6 Å². The Balaban J connectivity index is 1.68. The van der Waals surface area contributed by atoms with Gasteiger partial charge < -0.3 is 16.0 Å². The molecule has 1 aliphatic heterocycles. The van der Waals surface area contributed by atoms with Crippen LogP contribution in [-0.4, -0.2) is 34.7 Å². The number of nitrogens with one attached hydrogen (secondary N) is 3. The quantitative estimate of drug-likeness (QED) is 0.759. The maximum Gasteiger partial charge on any atom is 0.225 e. The summed E-state index contributed by atoms with van der Waals surface area (Å²) in [5.41, 5.74) is 2.76. The molecule has 26 heavy (non-hydrogen) atoms. The van der Waals surface area contributed by atoms with Crippen LogP contribution < -0.4 is 16.0 Å². The number of rotatable bonds is 5. The third-order valence-corrected chi connectivity index (χ3v) is 4.77. The Bertz CT molecular complexity index is 801. The zero-order chi connectivity index (χ0) is 18.7. The summed E-state index contributed by atoms with van der Waals surface area (Å²) in [5.74, 6) is -0.0849. The lowest BCUT2D eigenvalue weighted by Gasteiger charge is -2.21. The van der Waals surface area contributed by atoms with E-state index in [-0.39, 0.29) is 29.7 Å². The first kappa shape index (κ1) is 18.1. The molecule has 2 aromatic rings. The average Bonchev–Trinajstić information content (AvgIpc) is 3.23. The fourth-order valence-corrected chi connectivity index (χ4v) is 3.43. The van der Waals surface area contributed by atoms with Crippen LogP contribution in [0.15, 0.2) is 36.7 Å². The third-order valence-electron chi connectivity index (χ3n) is 4.77. The van der Waals surface area contributed by atoms with E-state index in [2.05, 4.69) is 21.0 Å². The van der Waals surface area contributed by atoms with Crippen molar-refractivity contribution < 1.29 is 9.59 Å². The Morgan fingerprint density at radius 3 is 2.85 bits per heavy atom. The zero-order valence-electron chi connectivity index (χ0n) is 15.3. The van der Waals surface area contributed by atoms with Crippen LogP contribution in [0.25, 0.3) is 0 Å². The number of benzene rings is 1. The number of carbonyl (C=O) groups is 2. The first-order chi connectivity index (χ1) is 12.4. The van der Waals surface area contributed by atoms with Crippen LogP contribution in [0, 0.1) is 5.92 Å². The Morgan fingerprint density at radius 1 is 1.35 bits per heavy atom. The summed E-state index contributed by atoms with van der Waals surface area (Å²) in [5, 5.41) is 13.4. The Labute approximate surface area is 153 Å². The Morgan fingerprint density at radius 2 is 2.15 bits per heavy atom. The number of nitrogens with zero attached hydrogens (tertiary/aromatic N) is 2. The van der Waals surface area contributed by atoms with Gasteiger partial charge in [-0.3, -0.25) is 14.3 Å². The van der Waals surface area contributed by atoms with Gasteiger partial charge in [0.1, 0.15) is 0 Å². The number of hydrogen-bond acceptors (Lipinski definition) is 4. The molecular weight excluding hydrogens is 330 g/mol. The fraction of sp³-hybridized carbons (Fsp3) is 0.421. The van der Waals surface area contributed by atoms with Crippen molar-refractivity contribution in [3.63, 3.8) is 0 Å². The van der Waals surface area contributed by atoms with Gasteiger partial charge in [-0.2, -0.15) is 5.10 Å². The number of amides is 2. The van der Waals surface area contributed by atoms with Crippen LogP contribution in [0.2, 0.25) is 0 Å². The summed E-state index contributed by atoms with van der Waals surface area (Å²) in [7, 11) is 1.88. The molecule has 1 aromatic heterocycles. The summed E-state index contributed by atoms with van der Waals surface area (Å²) in [6.07, 6.45) is 3.80. The van der Waals surface area contributed by atoms with E-state index in [4.69, 9.17) is 0 Å². The van der Waals surface area contributed by atoms with Gasteiger partial charge in [-0.05, 0) is 30.2 Å². The van der Waals surface area contributed by atoms with Crippen LogP contribution >= 0.6 is 0 Å². The van der Waals surface area contributed by atoms with Crippen LogP contribution in [0.4, 0.5) is 5.69 Å². The second kappa shape index (κ2) is 7.70. The third kappa shape index (κ3) is 4.11. The van der Waals surface area contributed by atoms with Crippen molar-refractivity contribution in [2.45, 2.75) is 25.8 Å². The van der Waals surface area contributed by atoms with Crippen molar-refractivity contribution in [3.05, 3.63) is 47.8 Å². The zero-order valence-corrected chi connectivity index (χ0v) is 15.3. The van der Waals surface area contributed by atoms with Gasteiger partial charge in [0.15, 0.2) is 0 Å². The lowest BCUT2D eigenvalue weighted by molar-refractivity contribution is -0.125. The van der Waals surface area contributed by atoms with Gasteiger partial charge >= 0.3 is 0 Å². The van der Waals surface area contributed by atoms with Crippen LogP contribution in [0.5, 0.6) is 0 Å². The van der Waals surface area contributed by atoms with Crippen molar-refractivity contribution in [1.29, 1.82) is 0 Å². The van der Waals surface area contributed by atoms with E-state index in [1.165, 1.54) is 6.92 Å². The molecule has 0 spiro atoms. The molecular formula is C19H25N5O2. The van der Waals surface area contributed by atoms with Gasteiger partial charge in [0.2, 0.25) is 11.8 Å². The topological polar surface area (TPSA) is 88.1 Å². The molecule has 0 radical (unpaired) electrons. The maximum absolute atomic E-state index is 12.8. The maximum atomic E-state index is 12.8. The molecule has 0 bridgehead atoms. The summed E-state index contributed by atoms with van der Waals surface area (Å²) < 4.78 is 1.76. The van der Waals surface area contributed by atoms with Crippen molar-refractivity contribution in [1.82, 2.24) is 20.4 Å². The summed E-state index contributed by atoms with van der Waals surface area (Å²) >= 11 is 0. The molecule has 1 unspecified atom stereocenters. The van der Waals surface area contributed by atoms with E-state index >= 15 is 0 Å². The van der Waals surface area contributed by atoms with Crippen molar-refractivity contribution in [3.8, 4) is 0 Å². The van der Waals surface area contributed by atoms with E-state index in [0.29, 0.717) is 6.54 Å². The molecule has 3 N–H and O–H groups in total. The normalized spacial score (nSPS) is 20.6. The van der Waals surface area contributed by atoms with E-state index in [0.717, 1.165) is 23.4 Å². The largest absolute Gasteiger partial charge is 0.349 e. The smallest absolute Gasteiger partial charge is 0.225 e. The second-order valence-corrected chi connectivity index (χ2v) is 6.86. The fourth-order valence-electron chi connectivity index (χ4n) is 3.43. The van der Waals surface area contributed by atoms with Crippen LogP contribution in [0.1, 0.15) is 36.9 Å². The van der Waals surface area contributed by atoms with Crippen molar-refractivity contribution in [2.75, 3.05) is 18.4 Å². The number of aromatic nitrogens is 2. The van der Waals surface area contributed by atoms with E-state index in [9.17, 15) is 9.59 Å². The average molecular weight is 355 g/mol. The van der Waals surface area contributed by atoms with Gasteiger partial charge in [-0.25, -0.2) is 0 Å². The summed E-state index contributed by atoms with van der Waals surface area (Å²) in [6, 6.07) is 7.39. The summed E-state index contributed by atoms with van der Waals surface area (Å²) in [4.78, 5) is 24.1. The molecule has 2 amide bonds. The molecule has 7 nitrogen and oxygen atoms in total. The van der Waals surface area contributed by atoms with Crippen molar-refractivity contribution >= 4 is 17.5 Å².